The molecular formula is C16H32N6O3. The first-order valence-corrected chi connectivity index (χ1v) is 9.00. The summed E-state index contributed by atoms with van der Waals surface area (Å²) in [6, 6.07) is 0. The van der Waals surface area contributed by atoms with Crippen molar-refractivity contribution in [2.24, 2.45) is 0 Å². The number of aliphatic hydroxyl groups excluding tert-OH is 2. The number of hydrogen-bond donors (Lipinski definition) is 4. The molecule has 0 aliphatic heterocycles. The minimum atomic E-state index is -0.822. The maximum atomic E-state index is 10.5. The number of hydrogen-bond acceptors (Lipinski definition) is 9. The van der Waals surface area contributed by atoms with Gasteiger partial charge < -0.3 is 26.0 Å². The molecule has 144 valence electrons. The fraction of sp³-hybridized carbons (Fsp3) is 0.812. The topological polar surface area (TPSA) is 130 Å². The largest absolute Gasteiger partial charge is 0.374 e. The van der Waals surface area contributed by atoms with E-state index in [1.807, 2.05) is 20.8 Å². The van der Waals surface area contributed by atoms with E-state index >= 15 is 0 Å². The molecule has 0 amide bonds. The molecule has 3 atom stereocenters. The Labute approximate surface area is 149 Å². The molecule has 0 fully saturated rings. The molecular weight excluding hydrogens is 324 g/mol. The summed E-state index contributed by atoms with van der Waals surface area (Å²) in [5.74, 6) is 0.386. The number of aromatic nitrogens is 3. The lowest BCUT2D eigenvalue weighted by molar-refractivity contribution is 0.0112. The molecule has 0 aromatic carbocycles. The van der Waals surface area contributed by atoms with Crippen molar-refractivity contribution in [3.8, 4) is 0 Å². The number of unbranched alkanes of at least 4 members (excludes halogenated alkanes) is 1. The molecule has 1 aromatic rings. The number of nitrogens with two attached hydrogens (primary N) is 1. The fourth-order valence-electron chi connectivity index (χ4n) is 2.22. The second kappa shape index (κ2) is 11.0. The first kappa shape index (κ1) is 21.3. The second-order valence-corrected chi connectivity index (χ2v) is 5.77. The zero-order valence-corrected chi connectivity index (χ0v) is 15.6. The van der Waals surface area contributed by atoms with Crippen molar-refractivity contribution >= 4 is 17.8 Å². The Morgan fingerprint density at radius 2 is 1.80 bits per heavy atom. The highest BCUT2D eigenvalue weighted by molar-refractivity contribution is 5.43. The van der Waals surface area contributed by atoms with Crippen LogP contribution in [0.4, 0.5) is 17.8 Å². The maximum Gasteiger partial charge on any atom is 0.236 e. The van der Waals surface area contributed by atoms with Gasteiger partial charge in [-0.3, -0.25) is 4.90 Å². The summed E-state index contributed by atoms with van der Waals surface area (Å²) in [6.07, 6.45) is 1.56. The summed E-state index contributed by atoms with van der Waals surface area (Å²) < 4.78 is 5.91. The smallest absolute Gasteiger partial charge is 0.236 e. The molecule has 0 saturated carbocycles. The molecule has 9 heteroatoms. The van der Waals surface area contributed by atoms with Crippen LogP contribution in [0.15, 0.2) is 0 Å². The lowest BCUT2D eigenvalue weighted by atomic mass is 10.3. The molecule has 1 rings (SSSR count). The summed E-state index contributed by atoms with van der Waals surface area (Å²) in [5, 5.41) is 23.0. The Kier molecular flexibility index (Phi) is 9.40. The first-order chi connectivity index (χ1) is 12.0. The highest BCUT2D eigenvalue weighted by Gasteiger charge is 2.27. The van der Waals surface area contributed by atoms with Crippen LogP contribution in [0.1, 0.15) is 59.8 Å². The van der Waals surface area contributed by atoms with Crippen molar-refractivity contribution in [1.82, 2.24) is 15.0 Å². The third-order valence-electron chi connectivity index (χ3n) is 3.71. The van der Waals surface area contributed by atoms with Crippen LogP contribution < -0.4 is 16.0 Å². The van der Waals surface area contributed by atoms with E-state index in [1.165, 1.54) is 0 Å². The summed E-state index contributed by atoms with van der Waals surface area (Å²) >= 11 is 0. The second-order valence-electron chi connectivity index (χ2n) is 5.77. The minimum Gasteiger partial charge on any atom is -0.374 e. The van der Waals surface area contributed by atoms with Crippen molar-refractivity contribution in [3.05, 3.63) is 0 Å². The zero-order chi connectivity index (χ0) is 18.8. The number of nitrogen functional groups attached to an aromatic ring is 1. The van der Waals surface area contributed by atoms with E-state index in [2.05, 4.69) is 27.2 Å². The van der Waals surface area contributed by atoms with Gasteiger partial charge >= 0.3 is 0 Å². The van der Waals surface area contributed by atoms with E-state index in [0.29, 0.717) is 25.9 Å². The van der Waals surface area contributed by atoms with Gasteiger partial charge in [0.25, 0.3) is 0 Å². The molecule has 0 radical (unpaired) electrons. The molecule has 1 heterocycles. The Hall–Kier alpha value is -1.71. The first-order valence-electron chi connectivity index (χ1n) is 9.00. The van der Waals surface area contributed by atoms with E-state index in [4.69, 9.17) is 10.5 Å². The predicted molar refractivity (Wildman–Crippen MR) is 97.9 cm³/mol. The SMILES string of the molecule is CCCCOC(CC)N(c1nc(N)nc(NC(O)CC)n1)C(O)CC. The monoisotopic (exact) mass is 356 g/mol. The number of anilines is 3. The molecule has 1 aromatic heterocycles. The number of nitrogens with one attached hydrogen (secondary N) is 1. The van der Waals surface area contributed by atoms with Crippen LogP contribution in [0.25, 0.3) is 0 Å². The van der Waals surface area contributed by atoms with Crippen LogP contribution in [0.5, 0.6) is 0 Å². The molecule has 0 spiro atoms. The highest BCUT2D eigenvalue weighted by atomic mass is 16.5. The van der Waals surface area contributed by atoms with Crippen LogP contribution in [0.2, 0.25) is 0 Å². The molecule has 25 heavy (non-hydrogen) atoms. The van der Waals surface area contributed by atoms with Gasteiger partial charge in [0.1, 0.15) is 18.7 Å². The summed E-state index contributed by atoms with van der Waals surface area (Å²) in [5.41, 5.74) is 5.79. The van der Waals surface area contributed by atoms with Gasteiger partial charge in [0.05, 0.1) is 0 Å². The Morgan fingerprint density at radius 3 is 2.36 bits per heavy atom. The zero-order valence-electron chi connectivity index (χ0n) is 15.6. The Morgan fingerprint density at radius 1 is 1.08 bits per heavy atom. The van der Waals surface area contributed by atoms with Gasteiger partial charge in [-0.25, -0.2) is 0 Å². The van der Waals surface area contributed by atoms with Crippen molar-refractivity contribution in [2.45, 2.75) is 78.5 Å². The predicted octanol–water partition coefficient (Wildman–Crippen LogP) is 1.68. The molecule has 0 saturated heterocycles. The maximum absolute atomic E-state index is 10.5. The van der Waals surface area contributed by atoms with Crippen LogP contribution in [0.3, 0.4) is 0 Å². The average Bonchev–Trinajstić information content (AvgIpc) is 2.59. The summed E-state index contributed by atoms with van der Waals surface area (Å²) in [4.78, 5) is 14.0. The van der Waals surface area contributed by atoms with Crippen molar-refractivity contribution in [1.29, 1.82) is 0 Å². The lowest BCUT2D eigenvalue weighted by Crippen LogP contribution is -2.46. The molecule has 0 bridgehead atoms. The molecule has 3 unspecified atom stereocenters. The number of ether oxygens (including phenoxy) is 1. The van der Waals surface area contributed by atoms with E-state index in [-0.39, 0.29) is 24.1 Å². The van der Waals surface area contributed by atoms with E-state index in [9.17, 15) is 10.2 Å². The van der Waals surface area contributed by atoms with Crippen molar-refractivity contribution in [2.75, 3.05) is 22.6 Å². The molecule has 0 aliphatic rings. The Bertz CT molecular complexity index is 505. The Balaban J connectivity index is 3.12. The van der Waals surface area contributed by atoms with Crippen LogP contribution >= 0.6 is 0 Å². The van der Waals surface area contributed by atoms with E-state index in [1.54, 1.807) is 4.90 Å². The van der Waals surface area contributed by atoms with Gasteiger partial charge in [-0.1, -0.05) is 34.1 Å². The molecule has 0 aliphatic carbocycles. The third kappa shape index (κ3) is 6.60. The number of rotatable bonds is 12. The van der Waals surface area contributed by atoms with Gasteiger partial charge in [0.15, 0.2) is 0 Å². The van der Waals surface area contributed by atoms with Gasteiger partial charge in [0.2, 0.25) is 17.8 Å². The van der Waals surface area contributed by atoms with Crippen LogP contribution in [0, 0.1) is 0 Å². The third-order valence-corrected chi connectivity index (χ3v) is 3.71. The van der Waals surface area contributed by atoms with E-state index < -0.39 is 12.5 Å². The van der Waals surface area contributed by atoms with Crippen LogP contribution in [-0.4, -0.2) is 50.5 Å². The normalized spacial score (nSPS) is 14.8. The number of aliphatic hydroxyl groups is 2. The lowest BCUT2D eigenvalue weighted by Gasteiger charge is -2.34. The van der Waals surface area contributed by atoms with Crippen molar-refractivity contribution < 1.29 is 14.9 Å². The van der Waals surface area contributed by atoms with Crippen LogP contribution in [-0.2, 0) is 4.74 Å². The summed E-state index contributed by atoms with van der Waals surface area (Å²) in [6.45, 7) is 8.33. The fourth-order valence-corrected chi connectivity index (χ4v) is 2.22. The average molecular weight is 356 g/mol. The van der Waals surface area contributed by atoms with E-state index in [0.717, 1.165) is 12.8 Å². The number of nitrogens with zero attached hydrogens (tertiary/aromatic N) is 4. The van der Waals surface area contributed by atoms with Gasteiger partial charge in [-0.2, -0.15) is 15.0 Å². The molecule has 9 nitrogen and oxygen atoms in total. The van der Waals surface area contributed by atoms with Gasteiger partial charge in [0, 0.05) is 6.61 Å². The van der Waals surface area contributed by atoms with Gasteiger partial charge in [-0.05, 0) is 25.7 Å². The summed E-state index contributed by atoms with van der Waals surface area (Å²) in [7, 11) is 0. The standard InChI is InChI=1S/C16H32N6O3/c1-5-9-10-25-13(8-4)22(12(24)7-3)16-20-14(17)19-15(21-16)18-11(23)6-2/h11-13,23-24H,5-10H2,1-4H3,(H3,17,18,19,20,21). The molecule has 5 N–H and O–H groups in total. The quantitative estimate of drug-likeness (QED) is 0.326. The highest BCUT2D eigenvalue weighted by Crippen LogP contribution is 2.21. The van der Waals surface area contributed by atoms with Crippen molar-refractivity contribution in [3.63, 3.8) is 0 Å². The minimum absolute atomic E-state index is 0.00696. The van der Waals surface area contributed by atoms with Gasteiger partial charge in [-0.15, -0.1) is 0 Å².